The minimum atomic E-state index is -4.60. The van der Waals surface area contributed by atoms with E-state index in [0.717, 1.165) is 57.8 Å². The standard InChI is InChI=1S/C32H61O10P/c1-3-5-7-9-11-13-14-16-17-19-21-23-31(35)39-27-30(28-41-43(37,38)40-26-29(34)25-33)42-32(36)24-22-20-18-15-12-10-8-6-4-2/h9,11,29-30,33-34H,3-8,10,12-28H2,1-2H3,(H,37,38)/b11-9+/t29-,30+/m0/s1. The predicted molar refractivity (Wildman–Crippen MR) is 168 cm³/mol. The summed E-state index contributed by atoms with van der Waals surface area (Å²) in [6.07, 6.45) is 22.0. The van der Waals surface area contributed by atoms with Crippen LogP contribution in [0.2, 0.25) is 0 Å². The van der Waals surface area contributed by atoms with Crippen molar-refractivity contribution in [3.05, 3.63) is 12.2 Å². The summed E-state index contributed by atoms with van der Waals surface area (Å²) in [5.74, 6) is -0.939. The second kappa shape index (κ2) is 29.4. The van der Waals surface area contributed by atoms with Gasteiger partial charge in [-0.25, -0.2) is 4.57 Å². The minimum absolute atomic E-state index is 0.185. The van der Waals surface area contributed by atoms with Crippen molar-refractivity contribution in [3.8, 4) is 0 Å². The van der Waals surface area contributed by atoms with E-state index in [1.165, 1.54) is 44.9 Å². The average molecular weight is 637 g/mol. The quantitative estimate of drug-likeness (QED) is 0.0306. The van der Waals surface area contributed by atoms with E-state index in [1.54, 1.807) is 0 Å². The van der Waals surface area contributed by atoms with Crippen molar-refractivity contribution in [1.29, 1.82) is 0 Å². The molecule has 11 heteroatoms. The molecule has 0 radical (unpaired) electrons. The summed E-state index contributed by atoms with van der Waals surface area (Å²) in [6, 6.07) is 0. The Morgan fingerprint density at radius 1 is 0.674 bits per heavy atom. The highest BCUT2D eigenvalue weighted by atomic mass is 31.2. The van der Waals surface area contributed by atoms with Gasteiger partial charge in [0.15, 0.2) is 6.10 Å². The highest BCUT2D eigenvalue weighted by Crippen LogP contribution is 2.43. The van der Waals surface area contributed by atoms with E-state index in [1.807, 2.05) is 0 Å². The molecular weight excluding hydrogens is 575 g/mol. The normalized spacial score (nSPS) is 14.4. The summed E-state index contributed by atoms with van der Waals surface area (Å²) < 4.78 is 32.4. The number of aliphatic hydroxyl groups excluding tert-OH is 2. The number of phosphoric ester groups is 1. The number of aliphatic hydroxyl groups is 2. The fourth-order valence-corrected chi connectivity index (χ4v) is 5.06. The maximum absolute atomic E-state index is 12.4. The number of hydrogen-bond donors (Lipinski definition) is 3. The second-order valence-corrected chi connectivity index (χ2v) is 12.6. The van der Waals surface area contributed by atoms with Crippen molar-refractivity contribution in [2.75, 3.05) is 26.4 Å². The van der Waals surface area contributed by atoms with Crippen LogP contribution in [0.1, 0.15) is 142 Å². The van der Waals surface area contributed by atoms with E-state index in [0.29, 0.717) is 12.8 Å². The van der Waals surface area contributed by atoms with E-state index >= 15 is 0 Å². The first-order valence-electron chi connectivity index (χ1n) is 16.6. The van der Waals surface area contributed by atoms with Gasteiger partial charge in [-0.15, -0.1) is 0 Å². The highest BCUT2D eigenvalue weighted by Gasteiger charge is 2.27. The first-order chi connectivity index (χ1) is 20.7. The van der Waals surface area contributed by atoms with Crippen LogP contribution in [0.5, 0.6) is 0 Å². The van der Waals surface area contributed by atoms with Crippen molar-refractivity contribution >= 4 is 19.8 Å². The van der Waals surface area contributed by atoms with Crippen LogP contribution in [-0.2, 0) is 32.7 Å². The first kappa shape index (κ1) is 41.7. The lowest BCUT2D eigenvalue weighted by Crippen LogP contribution is -2.29. The van der Waals surface area contributed by atoms with Crippen LogP contribution >= 0.6 is 7.82 Å². The molecule has 0 aliphatic heterocycles. The molecule has 0 saturated heterocycles. The summed E-state index contributed by atoms with van der Waals surface area (Å²) >= 11 is 0. The van der Waals surface area contributed by atoms with Gasteiger partial charge in [-0.3, -0.25) is 18.6 Å². The van der Waals surface area contributed by atoms with Crippen molar-refractivity contribution in [3.63, 3.8) is 0 Å². The molecule has 3 atom stereocenters. The number of esters is 2. The number of carbonyl (C=O) groups excluding carboxylic acids is 2. The molecule has 3 N–H and O–H groups in total. The summed E-state index contributed by atoms with van der Waals surface area (Å²) in [5.41, 5.74) is 0. The lowest BCUT2D eigenvalue weighted by atomic mass is 10.1. The van der Waals surface area contributed by atoms with E-state index in [-0.39, 0.29) is 19.4 Å². The smallest absolute Gasteiger partial charge is 0.462 e. The van der Waals surface area contributed by atoms with Crippen molar-refractivity contribution in [2.45, 2.75) is 154 Å². The molecule has 0 aromatic rings. The third-order valence-electron chi connectivity index (χ3n) is 6.92. The van der Waals surface area contributed by atoms with Crippen LogP contribution in [-0.4, -0.2) is 65.7 Å². The molecule has 0 rings (SSSR count). The lowest BCUT2D eigenvalue weighted by Gasteiger charge is -2.20. The molecule has 0 aromatic heterocycles. The third kappa shape index (κ3) is 29.2. The Kier molecular flexibility index (Phi) is 28.5. The van der Waals surface area contributed by atoms with Gasteiger partial charge in [-0.1, -0.05) is 109 Å². The largest absolute Gasteiger partial charge is 0.472 e. The van der Waals surface area contributed by atoms with Gasteiger partial charge in [0.25, 0.3) is 0 Å². The Morgan fingerprint density at radius 3 is 1.74 bits per heavy atom. The molecule has 0 bridgehead atoms. The predicted octanol–water partition coefficient (Wildman–Crippen LogP) is 7.33. The van der Waals surface area contributed by atoms with E-state index in [9.17, 15) is 24.2 Å². The molecule has 1 unspecified atom stereocenters. The summed E-state index contributed by atoms with van der Waals surface area (Å²) in [7, 11) is -4.60. The first-order valence-corrected chi connectivity index (χ1v) is 18.1. The van der Waals surface area contributed by atoms with Gasteiger partial charge in [-0.2, -0.15) is 0 Å². The highest BCUT2D eigenvalue weighted by molar-refractivity contribution is 7.47. The summed E-state index contributed by atoms with van der Waals surface area (Å²) in [4.78, 5) is 34.5. The van der Waals surface area contributed by atoms with Crippen LogP contribution in [0.4, 0.5) is 0 Å². The monoisotopic (exact) mass is 636 g/mol. The second-order valence-electron chi connectivity index (χ2n) is 11.2. The van der Waals surface area contributed by atoms with E-state index in [4.69, 9.17) is 19.1 Å². The van der Waals surface area contributed by atoms with Gasteiger partial charge in [0.1, 0.15) is 12.7 Å². The zero-order chi connectivity index (χ0) is 32.0. The molecule has 10 nitrogen and oxygen atoms in total. The van der Waals surface area contributed by atoms with Crippen molar-refractivity contribution < 1.29 is 47.8 Å². The van der Waals surface area contributed by atoms with Gasteiger partial charge in [0, 0.05) is 12.8 Å². The number of allylic oxidation sites excluding steroid dienone is 2. The van der Waals surface area contributed by atoms with Gasteiger partial charge < -0.3 is 24.6 Å². The molecule has 0 heterocycles. The molecule has 254 valence electrons. The molecule has 0 fully saturated rings. The zero-order valence-corrected chi connectivity index (χ0v) is 27.8. The molecular formula is C32H61O10P. The topological polar surface area (TPSA) is 149 Å². The summed E-state index contributed by atoms with van der Waals surface area (Å²) in [5, 5.41) is 18.2. The third-order valence-corrected chi connectivity index (χ3v) is 7.87. The van der Waals surface area contributed by atoms with Crippen LogP contribution in [0, 0.1) is 0 Å². The lowest BCUT2D eigenvalue weighted by molar-refractivity contribution is -0.161. The zero-order valence-electron chi connectivity index (χ0n) is 26.9. The number of carbonyl (C=O) groups is 2. The Labute approximate surface area is 260 Å². The molecule has 43 heavy (non-hydrogen) atoms. The van der Waals surface area contributed by atoms with Gasteiger partial charge in [-0.05, 0) is 32.1 Å². The Morgan fingerprint density at radius 2 is 1.16 bits per heavy atom. The Hall–Kier alpha value is -1.29. The Bertz CT molecular complexity index is 746. The maximum atomic E-state index is 12.4. The number of hydrogen-bond acceptors (Lipinski definition) is 9. The van der Waals surface area contributed by atoms with Gasteiger partial charge in [0.05, 0.1) is 19.8 Å². The van der Waals surface area contributed by atoms with E-state index in [2.05, 4.69) is 30.5 Å². The SMILES string of the molecule is CCCC/C=C/CCCCCCCC(=O)OC[C@H](COP(=O)(O)OC[C@@H](O)CO)OC(=O)CCCCCCCCCCC. The average Bonchev–Trinajstić information content (AvgIpc) is 2.99. The van der Waals surface area contributed by atoms with Crippen LogP contribution in [0.3, 0.4) is 0 Å². The molecule has 0 amide bonds. The van der Waals surface area contributed by atoms with Crippen LogP contribution in [0.15, 0.2) is 12.2 Å². The minimum Gasteiger partial charge on any atom is -0.462 e. The summed E-state index contributed by atoms with van der Waals surface area (Å²) in [6.45, 7) is 2.27. The molecule has 0 saturated carbocycles. The van der Waals surface area contributed by atoms with Gasteiger partial charge >= 0.3 is 19.8 Å². The number of unbranched alkanes of at least 4 members (excludes halogenated alkanes) is 15. The number of rotatable bonds is 31. The van der Waals surface area contributed by atoms with Crippen molar-refractivity contribution in [1.82, 2.24) is 0 Å². The van der Waals surface area contributed by atoms with Crippen LogP contribution < -0.4 is 0 Å². The number of phosphoric acid groups is 1. The molecule has 0 aliphatic rings. The van der Waals surface area contributed by atoms with Crippen molar-refractivity contribution in [2.24, 2.45) is 0 Å². The Balaban J connectivity index is 4.45. The van der Waals surface area contributed by atoms with Crippen LogP contribution in [0.25, 0.3) is 0 Å². The maximum Gasteiger partial charge on any atom is 0.472 e. The number of ether oxygens (including phenoxy) is 2. The molecule has 0 aromatic carbocycles. The van der Waals surface area contributed by atoms with Gasteiger partial charge in [0.2, 0.25) is 0 Å². The fourth-order valence-electron chi connectivity index (χ4n) is 4.27. The molecule has 0 aliphatic carbocycles. The van der Waals surface area contributed by atoms with E-state index < -0.39 is 51.8 Å². The fraction of sp³-hybridized carbons (Fsp3) is 0.875. The molecule has 0 spiro atoms.